The van der Waals surface area contributed by atoms with Gasteiger partial charge in [0.1, 0.15) is 11.4 Å². The summed E-state index contributed by atoms with van der Waals surface area (Å²) in [5.41, 5.74) is -0.365. The number of carbonyl (C=O) groups excluding carboxylic acids is 1. The van der Waals surface area contributed by atoms with Crippen LogP contribution in [0, 0.1) is 0 Å². The molecular weight excluding hydrogens is 278 g/mol. The maximum Gasteiger partial charge on any atom is 0.260 e. The summed E-state index contributed by atoms with van der Waals surface area (Å²) in [4.78, 5) is 12.1. The lowest BCUT2D eigenvalue weighted by Crippen LogP contribution is -2.43. The SMILES string of the molecule is CC(Oc1ccccc1)C(=O)NCC(C)(O)c1ccccc1. The zero-order valence-corrected chi connectivity index (χ0v) is 12.8. The Hall–Kier alpha value is -2.33. The van der Waals surface area contributed by atoms with Crippen molar-refractivity contribution in [1.29, 1.82) is 0 Å². The van der Waals surface area contributed by atoms with Gasteiger partial charge in [-0.3, -0.25) is 4.79 Å². The maximum atomic E-state index is 12.1. The largest absolute Gasteiger partial charge is 0.481 e. The molecular formula is C18H21NO3. The number of hydrogen-bond acceptors (Lipinski definition) is 3. The van der Waals surface area contributed by atoms with Crippen LogP contribution in [-0.2, 0) is 10.4 Å². The van der Waals surface area contributed by atoms with Gasteiger partial charge < -0.3 is 15.2 Å². The fraction of sp³-hybridized carbons (Fsp3) is 0.278. The molecule has 2 N–H and O–H groups in total. The van der Waals surface area contributed by atoms with Crippen LogP contribution in [0.1, 0.15) is 19.4 Å². The van der Waals surface area contributed by atoms with Crippen molar-refractivity contribution in [3.05, 3.63) is 66.2 Å². The lowest BCUT2D eigenvalue weighted by molar-refractivity contribution is -0.128. The van der Waals surface area contributed by atoms with E-state index in [-0.39, 0.29) is 12.5 Å². The second-order valence-electron chi connectivity index (χ2n) is 5.43. The first-order valence-corrected chi connectivity index (χ1v) is 7.26. The molecule has 0 heterocycles. The van der Waals surface area contributed by atoms with Crippen molar-refractivity contribution >= 4 is 5.91 Å². The molecule has 0 saturated carbocycles. The van der Waals surface area contributed by atoms with Gasteiger partial charge >= 0.3 is 0 Å². The summed E-state index contributed by atoms with van der Waals surface area (Å²) >= 11 is 0. The van der Waals surface area contributed by atoms with Crippen molar-refractivity contribution in [2.24, 2.45) is 0 Å². The first-order valence-electron chi connectivity index (χ1n) is 7.26. The molecule has 0 saturated heterocycles. The normalized spacial score (nSPS) is 14.7. The third kappa shape index (κ3) is 4.33. The predicted molar refractivity (Wildman–Crippen MR) is 85.6 cm³/mol. The molecule has 2 aromatic carbocycles. The van der Waals surface area contributed by atoms with Gasteiger partial charge in [0, 0.05) is 0 Å². The summed E-state index contributed by atoms with van der Waals surface area (Å²) in [5, 5.41) is 13.2. The fourth-order valence-electron chi connectivity index (χ4n) is 2.06. The van der Waals surface area contributed by atoms with Crippen molar-refractivity contribution in [3.63, 3.8) is 0 Å². The first kappa shape index (κ1) is 16.0. The van der Waals surface area contributed by atoms with E-state index < -0.39 is 11.7 Å². The molecule has 2 unspecified atom stereocenters. The molecule has 4 nitrogen and oxygen atoms in total. The molecule has 0 radical (unpaired) electrons. The lowest BCUT2D eigenvalue weighted by Gasteiger charge is -2.25. The maximum absolute atomic E-state index is 12.1. The van der Waals surface area contributed by atoms with E-state index in [9.17, 15) is 9.90 Å². The summed E-state index contributed by atoms with van der Waals surface area (Å²) < 4.78 is 5.55. The van der Waals surface area contributed by atoms with Crippen LogP contribution in [0.5, 0.6) is 5.75 Å². The highest BCUT2D eigenvalue weighted by Crippen LogP contribution is 2.19. The molecule has 2 rings (SSSR count). The van der Waals surface area contributed by atoms with E-state index in [1.807, 2.05) is 48.5 Å². The number of aliphatic hydroxyl groups is 1. The Kier molecular flexibility index (Phi) is 5.17. The molecule has 116 valence electrons. The second kappa shape index (κ2) is 7.09. The van der Waals surface area contributed by atoms with E-state index >= 15 is 0 Å². The standard InChI is InChI=1S/C18H21NO3/c1-14(22-16-11-7-4-8-12-16)17(20)19-13-18(2,21)15-9-5-3-6-10-15/h3-12,14,21H,13H2,1-2H3,(H,19,20). The van der Waals surface area contributed by atoms with Gasteiger partial charge in [-0.1, -0.05) is 48.5 Å². The Morgan fingerprint density at radius 1 is 1.14 bits per heavy atom. The van der Waals surface area contributed by atoms with Crippen LogP contribution >= 0.6 is 0 Å². The zero-order valence-electron chi connectivity index (χ0n) is 12.8. The van der Waals surface area contributed by atoms with Crippen molar-refractivity contribution < 1.29 is 14.6 Å². The van der Waals surface area contributed by atoms with Crippen LogP contribution in [-0.4, -0.2) is 23.7 Å². The van der Waals surface area contributed by atoms with Crippen LogP contribution in [0.4, 0.5) is 0 Å². The van der Waals surface area contributed by atoms with Gasteiger partial charge in [0.2, 0.25) is 0 Å². The van der Waals surface area contributed by atoms with Crippen LogP contribution in [0.2, 0.25) is 0 Å². The number of para-hydroxylation sites is 1. The van der Waals surface area contributed by atoms with Crippen LogP contribution < -0.4 is 10.1 Å². The van der Waals surface area contributed by atoms with E-state index in [4.69, 9.17) is 4.74 Å². The number of ether oxygens (including phenoxy) is 1. The lowest BCUT2D eigenvalue weighted by atomic mass is 9.96. The molecule has 0 aliphatic rings. The molecule has 1 amide bonds. The van der Waals surface area contributed by atoms with Crippen LogP contribution in [0.25, 0.3) is 0 Å². The minimum atomic E-state index is -1.12. The number of hydrogen-bond donors (Lipinski definition) is 2. The van der Waals surface area contributed by atoms with Crippen molar-refractivity contribution in [2.45, 2.75) is 25.6 Å². The summed E-state index contributed by atoms with van der Waals surface area (Å²) in [6.07, 6.45) is -0.631. The molecule has 0 fully saturated rings. The second-order valence-corrected chi connectivity index (χ2v) is 5.43. The monoisotopic (exact) mass is 299 g/mol. The number of carbonyl (C=O) groups is 1. The number of rotatable bonds is 6. The molecule has 0 aliphatic heterocycles. The minimum absolute atomic E-state index is 0.123. The fourth-order valence-corrected chi connectivity index (χ4v) is 2.06. The summed E-state index contributed by atoms with van der Waals surface area (Å²) in [6, 6.07) is 18.4. The average Bonchev–Trinajstić information content (AvgIpc) is 2.54. The topological polar surface area (TPSA) is 58.6 Å². The zero-order chi connectivity index (χ0) is 16.0. The highest BCUT2D eigenvalue weighted by atomic mass is 16.5. The van der Waals surface area contributed by atoms with Crippen molar-refractivity contribution in [2.75, 3.05) is 6.54 Å². The van der Waals surface area contributed by atoms with Crippen LogP contribution in [0.3, 0.4) is 0 Å². The number of benzene rings is 2. The predicted octanol–water partition coefficient (Wildman–Crippen LogP) is 2.48. The quantitative estimate of drug-likeness (QED) is 0.861. The van der Waals surface area contributed by atoms with Gasteiger partial charge in [-0.25, -0.2) is 0 Å². The Bertz CT molecular complexity index is 596. The third-order valence-electron chi connectivity index (χ3n) is 3.43. The van der Waals surface area contributed by atoms with Crippen LogP contribution in [0.15, 0.2) is 60.7 Å². The van der Waals surface area contributed by atoms with E-state index in [1.165, 1.54) is 0 Å². The Morgan fingerprint density at radius 3 is 2.27 bits per heavy atom. The number of nitrogens with one attached hydrogen (secondary N) is 1. The molecule has 0 bridgehead atoms. The molecule has 2 atom stereocenters. The summed E-state index contributed by atoms with van der Waals surface area (Å²) in [6.45, 7) is 3.48. The van der Waals surface area contributed by atoms with Crippen molar-refractivity contribution in [3.8, 4) is 5.75 Å². The smallest absolute Gasteiger partial charge is 0.260 e. The average molecular weight is 299 g/mol. The van der Waals surface area contributed by atoms with Gasteiger partial charge in [-0.15, -0.1) is 0 Å². The molecule has 2 aromatic rings. The molecule has 4 heteroatoms. The Morgan fingerprint density at radius 2 is 1.68 bits per heavy atom. The highest BCUT2D eigenvalue weighted by molar-refractivity contribution is 5.80. The Balaban J connectivity index is 1.89. The minimum Gasteiger partial charge on any atom is -0.481 e. The summed E-state index contributed by atoms with van der Waals surface area (Å²) in [5.74, 6) is 0.375. The van der Waals surface area contributed by atoms with E-state index in [1.54, 1.807) is 26.0 Å². The van der Waals surface area contributed by atoms with E-state index in [2.05, 4.69) is 5.32 Å². The van der Waals surface area contributed by atoms with Gasteiger partial charge in [-0.2, -0.15) is 0 Å². The van der Waals surface area contributed by atoms with E-state index in [0.29, 0.717) is 5.75 Å². The van der Waals surface area contributed by atoms with Gasteiger partial charge in [0.15, 0.2) is 6.10 Å². The van der Waals surface area contributed by atoms with E-state index in [0.717, 1.165) is 5.56 Å². The molecule has 0 spiro atoms. The van der Waals surface area contributed by atoms with Gasteiger partial charge in [-0.05, 0) is 31.5 Å². The van der Waals surface area contributed by atoms with Gasteiger partial charge in [0.05, 0.1) is 6.54 Å². The first-order chi connectivity index (χ1) is 10.5. The van der Waals surface area contributed by atoms with Gasteiger partial charge in [0.25, 0.3) is 5.91 Å². The molecule has 22 heavy (non-hydrogen) atoms. The highest BCUT2D eigenvalue weighted by Gasteiger charge is 2.25. The summed E-state index contributed by atoms with van der Waals surface area (Å²) in [7, 11) is 0. The van der Waals surface area contributed by atoms with Crippen molar-refractivity contribution in [1.82, 2.24) is 5.32 Å². The third-order valence-corrected chi connectivity index (χ3v) is 3.43. The molecule has 0 aliphatic carbocycles. The number of amides is 1. The Labute approximate surface area is 130 Å². The molecule has 0 aromatic heterocycles.